The fourth-order valence-electron chi connectivity index (χ4n) is 4.16. The number of carbonyl (C=O) groups is 2. The summed E-state index contributed by atoms with van der Waals surface area (Å²) in [5, 5.41) is 19.7. The van der Waals surface area contributed by atoms with Crippen molar-refractivity contribution in [3.05, 3.63) is 77.1 Å². The topological polar surface area (TPSA) is 136 Å². The number of nitrogens with zero attached hydrogens (tertiary/aromatic N) is 2. The van der Waals surface area contributed by atoms with Gasteiger partial charge in [0.15, 0.2) is 17.6 Å². The van der Waals surface area contributed by atoms with Crippen molar-refractivity contribution in [1.29, 1.82) is 0 Å². The Hall–Kier alpha value is -3.25. The van der Waals surface area contributed by atoms with Crippen molar-refractivity contribution >= 4 is 23.6 Å². The number of esters is 1. The van der Waals surface area contributed by atoms with E-state index in [0.717, 1.165) is 27.4 Å². The van der Waals surface area contributed by atoms with Gasteiger partial charge in [0, 0.05) is 30.7 Å². The van der Waals surface area contributed by atoms with Gasteiger partial charge in [-0.2, -0.15) is 5.10 Å². The number of nitrogens with one attached hydrogen (secondary N) is 2. The van der Waals surface area contributed by atoms with Crippen LogP contribution < -0.4 is 5.32 Å². The van der Waals surface area contributed by atoms with E-state index in [4.69, 9.17) is 14.2 Å². The molecule has 1 unspecified atom stereocenters. The number of aliphatic hydroxyl groups is 1. The van der Waals surface area contributed by atoms with Crippen molar-refractivity contribution in [3.63, 3.8) is 0 Å². The van der Waals surface area contributed by atoms with Crippen molar-refractivity contribution in [2.24, 2.45) is 5.92 Å². The maximum absolute atomic E-state index is 12.1. The summed E-state index contributed by atoms with van der Waals surface area (Å²) in [6.45, 7) is 5.19. The Morgan fingerprint density at radius 2 is 1.79 bits per heavy atom. The highest BCUT2D eigenvalue weighted by Crippen LogP contribution is 2.42. The summed E-state index contributed by atoms with van der Waals surface area (Å²) in [6.07, 6.45) is -0.322. The first-order valence-corrected chi connectivity index (χ1v) is 13.3. The van der Waals surface area contributed by atoms with E-state index in [1.165, 1.54) is 20.2 Å². The molecule has 0 radical (unpaired) electrons. The average Bonchev–Trinajstić information content (AvgIpc) is 3.45. The summed E-state index contributed by atoms with van der Waals surface area (Å²) in [6, 6.07) is 15.4. The van der Waals surface area contributed by atoms with Gasteiger partial charge in [-0.3, -0.25) is 14.7 Å². The van der Waals surface area contributed by atoms with Crippen LogP contribution in [-0.2, 0) is 37.0 Å². The molecule has 0 bridgehead atoms. The maximum Gasteiger partial charge on any atom is 0.303 e. The van der Waals surface area contributed by atoms with Gasteiger partial charge in [0.25, 0.3) is 5.91 Å². The number of thioether (sulfide) groups is 1. The molecule has 3 N–H and O–H groups in total. The van der Waals surface area contributed by atoms with Crippen LogP contribution in [0.5, 0.6) is 0 Å². The van der Waals surface area contributed by atoms with E-state index in [-0.39, 0.29) is 30.6 Å². The molecule has 1 saturated heterocycles. The molecule has 2 aromatic carbocycles. The predicted molar refractivity (Wildman–Crippen MR) is 140 cm³/mol. The second-order valence-electron chi connectivity index (χ2n) is 9.13. The molecule has 1 amide bonds. The molecule has 4 rings (SSSR count). The van der Waals surface area contributed by atoms with E-state index in [2.05, 4.69) is 27.4 Å². The van der Waals surface area contributed by atoms with Crippen LogP contribution in [0.2, 0.25) is 0 Å². The van der Waals surface area contributed by atoms with Gasteiger partial charge in [0.05, 0.1) is 18.8 Å². The number of amides is 1. The Morgan fingerprint density at radius 1 is 1.11 bits per heavy atom. The van der Waals surface area contributed by atoms with Crippen LogP contribution in [-0.4, -0.2) is 50.1 Å². The number of rotatable bonds is 10. The van der Waals surface area contributed by atoms with Crippen LogP contribution in [0, 0.1) is 5.92 Å². The van der Waals surface area contributed by atoms with Gasteiger partial charge in [-0.15, -0.1) is 0 Å². The molecule has 1 aromatic heterocycles. The third kappa shape index (κ3) is 7.19. The van der Waals surface area contributed by atoms with Crippen LogP contribution >= 0.6 is 11.8 Å². The Kier molecular flexibility index (Phi) is 9.51. The number of aromatic amines is 1. The zero-order chi connectivity index (χ0) is 27.1. The standard InChI is InChI=1S/C27H32N4O6S/c1-16-23(14-38-27-29-15-30-31-27)36-26(37-24(16)21-8-6-20(13-32)7-9-21)22-10-4-19(5-11-22)12-28-25(34)17(2)35-18(3)33/h4-11,15-17,23-24,26,32H,12-14H2,1-3H3,(H,28,34)(H,29,30,31)/t16-,17-,23+,24+,26?/m0/s1. The SMILES string of the molecule is CC(=O)O[C@@H](C)C(=O)NCc1ccc(C2O[C@H](CSc3ncn[nH]3)[C@H](C)[C@H](c3ccc(CO)cc3)O2)cc1. The minimum absolute atomic E-state index is 0.0149. The van der Waals surface area contributed by atoms with Crippen LogP contribution in [0.25, 0.3) is 0 Å². The van der Waals surface area contributed by atoms with E-state index in [1.54, 1.807) is 11.8 Å². The molecule has 2 heterocycles. The molecule has 5 atom stereocenters. The van der Waals surface area contributed by atoms with Gasteiger partial charge in [-0.1, -0.05) is 67.2 Å². The summed E-state index contributed by atoms with van der Waals surface area (Å²) in [4.78, 5) is 27.4. The predicted octanol–water partition coefficient (Wildman–Crippen LogP) is 3.45. The van der Waals surface area contributed by atoms with E-state index >= 15 is 0 Å². The van der Waals surface area contributed by atoms with Gasteiger partial charge in [0.2, 0.25) is 0 Å². The second kappa shape index (κ2) is 13.0. The van der Waals surface area contributed by atoms with Crippen LogP contribution in [0.3, 0.4) is 0 Å². The first kappa shape index (κ1) is 27.8. The number of ether oxygens (including phenoxy) is 3. The van der Waals surface area contributed by atoms with Gasteiger partial charge < -0.3 is 24.6 Å². The van der Waals surface area contributed by atoms with Gasteiger partial charge in [-0.25, -0.2) is 4.98 Å². The fraction of sp³-hybridized carbons (Fsp3) is 0.407. The Labute approximate surface area is 225 Å². The van der Waals surface area contributed by atoms with Gasteiger partial charge in [0.1, 0.15) is 6.33 Å². The lowest BCUT2D eigenvalue weighted by atomic mass is 9.91. The molecule has 1 aliphatic heterocycles. The van der Waals surface area contributed by atoms with E-state index in [1.807, 2.05) is 48.5 Å². The number of carbonyl (C=O) groups excluding carboxylic acids is 2. The lowest BCUT2D eigenvalue weighted by molar-refractivity contribution is -0.268. The van der Waals surface area contributed by atoms with Crippen molar-refractivity contribution in [3.8, 4) is 0 Å². The molecule has 0 saturated carbocycles. The molecule has 202 valence electrons. The number of hydrogen-bond donors (Lipinski definition) is 3. The quantitative estimate of drug-likeness (QED) is 0.261. The Morgan fingerprint density at radius 3 is 2.42 bits per heavy atom. The number of aliphatic hydroxyl groups excluding tert-OH is 1. The van der Waals surface area contributed by atoms with Crippen molar-refractivity contribution < 1.29 is 28.9 Å². The monoisotopic (exact) mass is 540 g/mol. The molecule has 38 heavy (non-hydrogen) atoms. The Balaban J connectivity index is 1.46. The minimum atomic E-state index is -0.854. The number of aromatic nitrogens is 3. The van der Waals surface area contributed by atoms with Gasteiger partial charge >= 0.3 is 5.97 Å². The van der Waals surface area contributed by atoms with Crippen molar-refractivity contribution in [1.82, 2.24) is 20.5 Å². The highest BCUT2D eigenvalue weighted by molar-refractivity contribution is 7.99. The first-order chi connectivity index (χ1) is 18.3. The third-order valence-electron chi connectivity index (χ3n) is 6.33. The molecule has 0 spiro atoms. The highest BCUT2D eigenvalue weighted by atomic mass is 32.2. The lowest BCUT2D eigenvalue weighted by Gasteiger charge is -2.41. The highest BCUT2D eigenvalue weighted by Gasteiger charge is 2.38. The lowest BCUT2D eigenvalue weighted by Crippen LogP contribution is -2.38. The maximum atomic E-state index is 12.1. The van der Waals surface area contributed by atoms with E-state index in [0.29, 0.717) is 12.3 Å². The zero-order valence-corrected chi connectivity index (χ0v) is 22.3. The zero-order valence-electron chi connectivity index (χ0n) is 21.5. The van der Waals surface area contributed by atoms with Crippen LogP contribution in [0.1, 0.15) is 55.4 Å². The molecule has 10 nitrogen and oxygen atoms in total. The molecule has 1 fully saturated rings. The van der Waals surface area contributed by atoms with Crippen LogP contribution in [0.15, 0.2) is 60.0 Å². The number of H-pyrrole nitrogens is 1. The minimum Gasteiger partial charge on any atom is -0.453 e. The molecule has 1 aliphatic rings. The molecular formula is C27H32N4O6S. The first-order valence-electron chi connectivity index (χ1n) is 12.4. The average molecular weight is 541 g/mol. The largest absolute Gasteiger partial charge is 0.453 e. The molecule has 3 aromatic rings. The summed E-state index contributed by atoms with van der Waals surface area (Å²) in [5.74, 6) is -0.153. The summed E-state index contributed by atoms with van der Waals surface area (Å²) >= 11 is 1.54. The van der Waals surface area contributed by atoms with Crippen molar-refractivity contribution in [2.45, 2.75) is 63.7 Å². The van der Waals surface area contributed by atoms with E-state index in [9.17, 15) is 14.7 Å². The molecule has 0 aliphatic carbocycles. The summed E-state index contributed by atoms with van der Waals surface area (Å²) < 4.78 is 17.8. The van der Waals surface area contributed by atoms with E-state index < -0.39 is 18.4 Å². The van der Waals surface area contributed by atoms with Crippen LogP contribution in [0.4, 0.5) is 0 Å². The molecule has 11 heteroatoms. The Bertz CT molecular complexity index is 1190. The third-order valence-corrected chi connectivity index (χ3v) is 7.30. The number of hydrogen-bond acceptors (Lipinski definition) is 9. The van der Waals surface area contributed by atoms with Crippen molar-refractivity contribution in [2.75, 3.05) is 5.75 Å². The fourth-order valence-corrected chi connectivity index (χ4v) is 5.11. The summed E-state index contributed by atoms with van der Waals surface area (Å²) in [5.41, 5.74) is 3.59. The second-order valence-corrected chi connectivity index (χ2v) is 10.1. The number of benzene rings is 2. The normalized spacial score (nSPS) is 22.0. The summed E-state index contributed by atoms with van der Waals surface area (Å²) in [7, 11) is 0. The smallest absolute Gasteiger partial charge is 0.303 e. The molecular weight excluding hydrogens is 508 g/mol. The van der Waals surface area contributed by atoms with Gasteiger partial charge in [-0.05, 0) is 23.6 Å².